The molecule has 5 heteroatoms. The van der Waals surface area contributed by atoms with Gasteiger partial charge in [0.25, 0.3) is 0 Å². The molecule has 2 aliphatic heterocycles. The van der Waals surface area contributed by atoms with Crippen LogP contribution >= 0.6 is 0 Å². The lowest BCUT2D eigenvalue weighted by Gasteiger charge is -2.23. The maximum Gasteiger partial charge on any atom is 0.345 e. The van der Waals surface area contributed by atoms with Crippen molar-refractivity contribution < 1.29 is 9.53 Å². The second kappa shape index (κ2) is 3.73. The van der Waals surface area contributed by atoms with E-state index in [1.807, 2.05) is 12.1 Å². The standard InChI is InChI=1S/C14H17N3O2/c1-14(2)7-8-5-4-6-9(11(8)19-14)10-12(15)16-13(18)17(10)3/h4-6,10H,7H2,1-3H3,(H2,15,16,18). The van der Waals surface area contributed by atoms with Crippen LogP contribution in [-0.4, -0.2) is 29.4 Å². The molecule has 0 aliphatic carbocycles. The molecule has 1 unspecified atom stereocenters. The molecule has 0 saturated carbocycles. The Morgan fingerprint density at radius 3 is 2.84 bits per heavy atom. The zero-order chi connectivity index (χ0) is 13.8. The predicted octanol–water partition coefficient (Wildman–Crippen LogP) is 1.86. The number of urea groups is 1. The molecule has 0 bridgehead atoms. The van der Waals surface area contributed by atoms with Crippen molar-refractivity contribution in [2.24, 2.45) is 10.7 Å². The molecule has 0 spiro atoms. The molecule has 0 aromatic heterocycles. The molecule has 3 rings (SSSR count). The minimum absolute atomic E-state index is 0.217. The van der Waals surface area contributed by atoms with Crippen LogP contribution in [0.5, 0.6) is 5.75 Å². The smallest absolute Gasteiger partial charge is 0.345 e. The third-order valence-electron chi connectivity index (χ3n) is 3.61. The van der Waals surface area contributed by atoms with E-state index < -0.39 is 0 Å². The SMILES string of the molecule is CN1C(=O)N=C(N)C1c1cccc2c1OC(C)(C)C2. The molecule has 1 atom stereocenters. The van der Waals surface area contributed by atoms with Gasteiger partial charge in [-0.2, -0.15) is 4.99 Å². The van der Waals surface area contributed by atoms with E-state index in [-0.39, 0.29) is 17.7 Å². The Labute approximate surface area is 112 Å². The van der Waals surface area contributed by atoms with Gasteiger partial charge in [0.2, 0.25) is 0 Å². The Morgan fingerprint density at radius 1 is 1.47 bits per heavy atom. The van der Waals surface area contributed by atoms with Crippen LogP contribution in [0.2, 0.25) is 0 Å². The summed E-state index contributed by atoms with van der Waals surface area (Å²) in [5.41, 5.74) is 7.74. The summed E-state index contributed by atoms with van der Waals surface area (Å²) in [4.78, 5) is 17.0. The van der Waals surface area contributed by atoms with Gasteiger partial charge in [-0.1, -0.05) is 18.2 Å². The van der Waals surface area contributed by atoms with Gasteiger partial charge in [-0.25, -0.2) is 4.79 Å². The average molecular weight is 259 g/mol. The van der Waals surface area contributed by atoms with Gasteiger partial charge in [-0.15, -0.1) is 0 Å². The predicted molar refractivity (Wildman–Crippen MR) is 72.4 cm³/mol. The summed E-state index contributed by atoms with van der Waals surface area (Å²) in [6, 6.07) is 5.34. The molecule has 0 saturated heterocycles. The fourth-order valence-electron chi connectivity index (χ4n) is 2.78. The zero-order valence-corrected chi connectivity index (χ0v) is 11.3. The molecule has 0 fully saturated rings. The van der Waals surface area contributed by atoms with E-state index in [0.29, 0.717) is 5.84 Å². The lowest BCUT2D eigenvalue weighted by atomic mass is 9.97. The number of nitrogens with two attached hydrogens (primary N) is 1. The highest BCUT2D eigenvalue weighted by Gasteiger charge is 2.38. The molecule has 2 heterocycles. The summed E-state index contributed by atoms with van der Waals surface area (Å²) in [5, 5.41) is 0. The van der Waals surface area contributed by atoms with Crippen LogP contribution in [0.1, 0.15) is 31.0 Å². The number of hydrogen-bond acceptors (Lipinski definition) is 3. The van der Waals surface area contributed by atoms with E-state index in [1.54, 1.807) is 11.9 Å². The number of ether oxygens (including phenoxy) is 1. The molecule has 19 heavy (non-hydrogen) atoms. The normalized spacial score (nSPS) is 24.2. The monoisotopic (exact) mass is 259 g/mol. The number of carbonyl (C=O) groups is 1. The summed E-state index contributed by atoms with van der Waals surface area (Å²) in [6.07, 6.45) is 0.859. The Bertz CT molecular complexity index is 592. The minimum Gasteiger partial charge on any atom is -0.487 e. The second-order valence-electron chi connectivity index (χ2n) is 5.71. The van der Waals surface area contributed by atoms with Gasteiger partial charge in [-0.05, 0) is 19.4 Å². The number of fused-ring (bicyclic) bond motifs is 1. The first kappa shape index (κ1) is 12.0. The number of rotatable bonds is 1. The van der Waals surface area contributed by atoms with E-state index in [4.69, 9.17) is 10.5 Å². The van der Waals surface area contributed by atoms with Crippen LogP contribution in [0, 0.1) is 0 Å². The molecular formula is C14H17N3O2. The number of carbonyl (C=O) groups excluding carboxylic acids is 1. The molecule has 2 aliphatic rings. The van der Waals surface area contributed by atoms with E-state index in [9.17, 15) is 4.79 Å². The van der Waals surface area contributed by atoms with Crippen molar-refractivity contribution in [3.05, 3.63) is 29.3 Å². The van der Waals surface area contributed by atoms with Crippen LogP contribution in [0.3, 0.4) is 0 Å². The number of nitrogens with zero attached hydrogens (tertiary/aromatic N) is 2. The van der Waals surface area contributed by atoms with Crippen molar-refractivity contribution in [3.8, 4) is 5.75 Å². The Balaban J connectivity index is 2.08. The van der Waals surface area contributed by atoms with Crippen LogP contribution < -0.4 is 10.5 Å². The minimum atomic E-state index is -0.323. The van der Waals surface area contributed by atoms with Gasteiger partial charge in [0.15, 0.2) is 0 Å². The van der Waals surface area contributed by atoms with Crippen LogP contribution in [0.15, 0.2) is 23.2 Å². The quantitative estimate of drug-likeness (QED) is 0.837. The van der Waals surface area contributed by atoms with Crippen molar-refractivity contribution in [2.45, 2.75) is 31.9 Å². The maximum absolute atomic E-state index is 11.6. The largest absolute Gasteiger partial charge is 0.487 e. The van der Waals surface area contributed by atoms with Gasteiger partial charge in [0, 0.05) is 19.0 Å². The van der Waals surface area contributed by atoms with E-state index in [1.165, 1.54) is 0 Å². The maximum atomic E-state index is 11.6. The van der Waals surface area contributed by atoms with Gasteiger partial charge in [0.1, 0.15) is 23.2 Å². The fourth-order valence-corrected chi connectivity index (χ4v) is 2.78. The highest BCUT2D eigenvalue weighted by Crippen LogP contribution is 2.42. The van der Waals surface area contributed by atoms with E-state index in [2.05, 4.69) is 24.9 Å². The highest BCUT2D eigenvalue weighted by atomic mass is 16.5. The van der Waals surface area contributed by atoms with Crippen molar-refractivity contribution in [3.63, 3.8) is 0 Å². The first-order valence-electron chi connectivity index (χ1n) is 6.31. The Morgan fingerprint density at radius 2 is 2.21 bits per heavy atom. The first-order chi connectivity index (χ1) is 8.89. The van der Waals surface area contributed by atoms with Gasteiger partial charge >= 0.3 is 6.03 Å². The lowest BCUT2D eigenvalue weighted by Crippen LogP contribution is -2.31. The first-order valence-corrected chi connectivity index (χ1v) is 6.31. The van der Waals surface area contributed by atoms with Gasteiger partial charge < -0.3 is 15.4 Å². The van der Waals surface area contributed by atoms with Crippen molar-refractivity contribution >= 4 is 11.9 Å². The number of benzene rings is 1. The third-order valence-corrected chi connectivity index (χ3v) is 3.61. The van der Waals surface area contributed by atoms with Gasteiger partial charge in [0.05, 0.1) is 0 Å². The highest BCUT2D eigenvalue weighted by molar-refractivity contribution is 6.03. The van der Waals surface area contributed by atoms with Crippen molar-refractivity contribution in [1.29, 1.82) is 0 Å². The Hall–Kier alpha value is -2.04. The van der Waals surface area contributed by atoms with E-state index >= 15 is 0 Å². The molecule has 2 amide bonds. The zero-order valence-electron chi connectivity index (χ0n) is 11.3. The van der Waals surface area contributed by atoms with Crippen molar-refractivity contribution in [1.82, 2.24) is 4.90 Å². The number of aliphatic imine (C=N–C) groups is 1. The van der Waals surface area contributed by atoms with Crippen LogP contribution in [-0.2, 0) is 6.42 Å². The fraction of sp³-hybridized carbons (Fsp3) is 0.429. The van der Waals surface area contributed by atoms with Crippen LogP contribution in [0.25, 0.3) is 0 Å². The number of hydrogen-bond donors (Lipinski definition) is 1. The Kier molecular flexibility index (Phi) is 2.36. The van der Waals surface area contributed by atoms with Crippen LogP contribution in [0.4, 0.5) is 4.79 Å². The number of amides is 2. The van der Waals surface area contributed by atoms with Crippen molar-refractivity contribution in [2.75, 3.05) is 7.05 Å². The number of amidine groups is 1. The molecule has 1 aromatic carbocycles. The van der Waals surface area contributed by atoms with E-state index in [0.717, 1.165) is 23.3 Å². The number of likely N-dealkylation sites (N-methyl/N-ethyl adjacent to an activating group) is 1. The molecule has 5 nitrogen and oxygen atoms in total. The molecule has 2 N–H and O–H groups in total. The summed E-state index contributed by atoms with van der Waals surface area (Å²) in [6.45, 7) is 4.11. The topological polar surface area (TPSA) is 67.9 Å². The lowest BCUT2D eigenvalue weighted by molar-refractivity contribution is 0.136. The molecular weight excluding hydrogens is 242 g/mol. The second-order valence-corrected chi connectivity index (χ2v) is 5.71. The number of para-hydroxylation sites is 1. The summed E-state index contributed by atoms with van der Waals surface area (Å²) in [7, 11) is 1.70. The molecule has 0 radical (unpaired) electrons. The summed E-state index contributed by atoms with van der Waals surface area (Å²) < 4.78 is 6.02. The summed E-state index contributed by atoms with van der Waals surface area (Å²) in [5.74, 6) is 1.17. The third kappa shape index (κ3) is 1.77. The summed E-state index contributed by atoms with van der Waals surface area (Å²) >= 11 is 0. The van der Waals surface area contributed by atoms with Gasteiger partial charge in [-0.3, -0.25) is 0 Å². The average Bonchev–Trinajstić information content (AvgIpc) is 2.75. The molecule has 100 valence electrons. The molecule has 1 aromatic rings.